The van der Waals surface area contributed by atoms with Crippen LogP contribution < -0.4 is 5.32 Å². The first kappa shape index (κ1) is 7.56. The molecule has 2 nitrogen and oxygen atoms in total. The van der Waals surface area contributed by atoms with Crippen molar-refractivity contribution >= 4 is 0 Å². The van der Waals surface area contributed by atoms with Gasteiger partial charge >= 0.3 is 0 Å². The van der Waals surface area contributed by atoms with Gasteiger partial charge in [-0.2, -0.15) is 5.26 Å². The maximum absolute atomic E-state index is 8.67. The highest BCUT2D eigenvalue weighted by molar-refractivity contribution is 4.96. The van der Waals surface area contributed by atoms with Crippen molar-refractivity contribution in [3.63, 3.8) is 0 Å². The highest BCUT2D eigenvalue weighted by Crippen LogP contribution is 2.24. The van der Waals surface area contributed by atoms with Crippen LogP contribution in [0.15, 0.2) is 0 Å². The summed E-state index contributed by atoms with van der Waals surface area (Å²) in [6.07, 6.45) is 3.50. The van der Waals surface area contributed by atoms with E-state index in [9.17, 15) is 0 Å². The molecule has 0 heterocycles. The zero-order chi connectivity index (χ0) is 7.40. The van der Waals surface area contributed by atoms with Crippen LogP contribution in [0.3, 0.4) is 0 Å². The second-order valence-corrected chi connectivity index (χ2v) is 2.83. The average Bonchev–Trinajstić information content (AvgIpc) is 2.36. The Morgan fingerprint density at radius 3 is 3.00 bits per heavy atom. The molecule has 1 rings (SSSR count). The molecule has 2 atom stereocenters. The molecule has 0 bridgehead atoms. The van der Waals surface area contributed by atoms with E-state index < -0.39 is 0 Å². The predicted octanol–water partition coefficient (Wildman–Crippen LogP) is 1.29. The molecular weight excluding hydrogens is 124 g/mol. The fourth-order valence-electron chi connectivity index (χ4n) is 1.62. The summed E-state index contributed by atoms with van der Waals surface area (Å²) < 4.78 is 0. The summed E-state index contributed by atoms with van der Waals surface area (Å²) in [7, 11) is 0. The van der Waals surface area contributed by atoms with Gasteiger partial charge in [-0.05, 0) is 19.4 Å². The fourth-order valence-corrected chi connectivity index (χ4v) is 1.62. The Morgan fingerprint density at radius 2 is 2.40 bits per heavy atom. The van der Waals surface area contributed by atoms with Gasteiger partial charge in [0.15, 0.2) is 0 Å². The molecule has 0 spiro atoms. The van der Waals surface area contributed by atoms with Gasteiger partial charge < -0.3 is 5.32 Å². The molecule has 0 radical (unpaired) electrons. The van der Waals surface area contributed by atoms with Crippen LogP contribution in [-0.4, -0.2) is 12.6 Å². The van der Waals surface area contributed by atoms with Gasteiger partial charge in [-0.15, -0.1) is 0 Å². The molecule has 0 saturated heterocycles. The maximum Gasteiger partial charge on any atom is 0.0672 e. The lowest BCUT2D eigenvalue weighted by molar-refractivity contribution is 0.478. The Morgan fingerprint density at radius 1 is 1.60 bits per heavy atom. The maximum atomic E-state index is 8.67. The van der Waals surface area contributed by atoms with Crippen molar-refractivity contribution in [2.75, 3.05) is 6.54 Å². The summed E-state index contributed by atoms with van der Waals surface area (Å²) in [5.74, 6) is 0.278. The van der Waals surface area contributed by atoms with Gasteiger partial charge in [0.1, 0.15) is 0 Å². The van der Waals surface area contributed by atoms with Crippen LogP contribution in [0, 0.1) is 17.2 Å². The zero-order valence-electron chi connectivity index (χ0n) is 6.43. The minimum absolute atomic E-state index is 0.278. The molecule has 10 heavy (non-hydrogen) atoms. The number of rotatable bonds is 2. The van der Waals surface area contributed by atoms with Crippen LogP contribution in [0.4, 0.5) is 0 Å². The molecule has 1 fully saturated rings. The van der Waals surface area contributed by atoms with E-state index in [4.69, 9.17) is 5.26 Å². The molecule has 1 aliphatic rings. The van der Waals surface area contributed by atoms with Crippen molar-refractivity contribution in [3.05, 3.63) is 0 Å². The molecule has 2 unspecified atom stereocenters. The first-order valence-electron chi connectivity index (χ1n) is 4.01. The van der Waals surface area contributed by atoms with Gasteiger partial charge in [0.2, 0.25) is 0 Å². The highest BCUT2D eigenvalue weighted by Gasteiger charge is 2.25. The van der Waals surface area contributed by atoms with Crippen LogP contribution in [-0.2, 0) is 0 Å². The van der Waals surface area contributed by atoms with Crippen LogP contribution in [0.25, 0.3) is 0 Å². The van der Waals surface area contributed by atoms with E-state index >= 15 is 0 Å². The SMILES string of the molecule is CCNC1CCCC1C#N. The first-order chi connectivity index (χ1) is 4.88. The van der Waals surface area contributed by atoms with Crippen molar-refractivity contribution in [3.8, 4) is 6.07 Å². The molecule has 0 amide bonds. The molecule has 0 aromatic carbocycles. The number of hydrogen-bond acceptors (Lipinski definition) is 2. The third-order valence-electron chi connectivity index (χ3n) is 2.15. The number of nitrogens with one attached hydrogen (secondary N) is 1. The van der Waals surface area contributed by atoms with Gasteiger partial charge in [-0.3, -0.25) is 0 Å². The van der Waals surface area contributed by atoms with Gasteiger partial charge in [0, 0.05) is 6.04 Å². The average molecular weight is 138 g/mol. The molecule has 0 aromatic heterocycles. The minimum Gasteiger partial charge on any atom is -0.313 e. The summed E-state index contributed by atoms with van der Waals surface area (Å²) >= 11 is 0. The van der Waals surface area contributed by atoms with Gasteiger partial charge in [-0.25, -0.2) is 0 Å². The zero-order valence-corrected chi connectivity index (χ0v) is 6.43. The fraction of sp³-hybridized carbons (Fsp3) is 0.875. The Hall–Kier alpha value is -0.550. The second kappa shape index (κ2) is 3.58. The molecule has 2 heteroatoms. The lowest BCUT2D eigenvalue weighted by Gasteiger charge is -2.12. The second-order valence-electron chi connectivity index (χ2n) is 2.83. The number of hydrogen-bond donors (Lipinski definition) is 1. The Bertz CT molecular complexity index is 137. The largest absolute Gasteiger partial charge is 0.313 e. The van der Waals surface area contributed by atoms with E-state index in [-0.39, 0.29) is 5.92 Å². The monoisotopic (exact) mass is 138 g/mol. The third-order valence-corrected chi connectivity index (χ3v) is 2.15. The molecule has 56 valence electrons. The quantitative estimate of drug-likeness (QED) is 0.624. The first-order valence-corrected chi connectivity index (χ1v) is 4.01. The van der Waals surface area contributed by atoms with Crippen LogP contribution >= 0.6 is 0 Å². The van der Waals surface area contributed by atoms with Gasteiger partial charge in [-0.1, -0.05) is 13.3 Å². The van der Waals surface area contributed by atoms with Crippen molar-refractivity contribution in [2.45, 2.75) is 32.2 Å². The topological polar surface area (TPSA) is 35.8 Å². The van der Waals surface area contributed by atoms with E-state index in [0.717, 1.165) is 13.0 Å². The summed E-state index contributed by atoms with van der Waals surface area (Å²) in [6.45, 7) is 3.08. The van der Waals surface area contributed by atoms with E-state index in [1.54, 1.807) is 0 Å². The van der Waals surface area contributed by atoms with Crippen LogP contribution in [0.2, 0.25) is 0 Å². The minimum atomic E-state index is 0.278. The van der Waals surface area contributed by atoms with Crippen LogP contribution in [0.5, 0.6) is 0 Å². The Kier molecular flexibility index (Phi) is 2.70. The Labute approximate surface area is 62.2 Å². The molecule has 1 aliphatic carbocycles. The summed E-state index contributed by atoms with van der Waals surface area (Å²) in [5, 5.41) is 12.0. The molecular formula is C8H14N2. The standard InChI is InChI=1S/C8H14N2/c1-2-10-8-5-3-4-7(8)6-9/h7-8,10H,2-5H2,1H3. The van der Waals surface area contributed by atoms with Gasteiger partial charge in [0.25, 0.3) is 0 Å². The van der Waals surface area contributed by atoms with Crippen molar-refractivity contribution in [1.82, 2.24) is 5.32 Å². The normalized spacial score (nSPS) is 32.0. The van der Waals surface area contributed by atoms with Crippen molar-refractivity contribution in [2.24, 2.45) is 5.92 Å². The van der Waals surface area contributed by atoms with Crippen molar-refractivity contribution < 1.29 is 0 Å². The molecule has 0 aliphatic heterocycles. The van der Waals surface area contributed by atoms with E-state index in [0.29, 0.717) is 6.04 Å². The van der Waals surface area contributed by atoms with Crippen LogP contribution in [0.1, 0.15) is 26.2 Å². The van der Waals surface area contributed by atoms with E-state index in [2.05, 4.69) is 18.3 Å². The smallest absolute Gasteiger partial charge is 0.0672 e. The lowest BCUT2D eigenvalue weighted by atomic mass is 10.1. The third kappa shape index (κ3) is 1.48. The summed E-state index contributed by atoms with van der Waals surface area (Å²) in [6, 6.07) is 2.82. The summed E-state index contributed by atoms with van der Waals surface area (Å²) in [4.78, 5) is 0. The van der Waals surface area contributed by atoms with E-state index in [1.807, 2.05) is 0 Å². The number of nitriles is 1. The molecule has 1 saturated carbocycles. The predicted molar refractivity (Wildman–Crippen MR) is 40.4 cm³/mol. The lowest BCUT2D eigenvalue weighted by Crippen LogP contribution is -2.31. The van der Waals surface area contributed by atoms with Crippen molar-refractivity contribution in [1.29, 1.82) is 5.26 Å². The number of nitrogens with zero attached hydrogens (tertiary/aromatic N) is 1. The molecule has 1 N–H and O–H groups in total. The molecule has 0 aromatic rings. The summed E-state index contributed by atoms with van der Waals surface area (Å²) in [5.41, 5.74) is 0. The Balaban J connectivity index is 2.36. The highest BCUT2D eigenvalue weighted by atomic mass is 14.9. The van der Waals surface area contributed by atoms with Gasteiger partial charge in [0.05, 0.1) is 12.0 Å². The van der Waals surface area contributed by atoms with E-state index in [1.165, 1.54) is 12.8 Å².